The largest absolute Gasteiger partial charge is 0.493 e. The van der Waals surface area contributed by atoms with Gasteiger partial charge >= 0.3 is 0 Å². The lowest BCUT2D eigenvalue weighted by Crippen LogP contribution is -2.36. The molecular formula is C27H38N2O2. The fourth-order valence-electron chi connectivity index (χ4n) is 3.97. The van der Waals surface area contributed by atoms with Crippen LogP contribution in [0.1, 0.15) is 75.0 Å². The van der Waals surface area contributed by atoms with Crippen molar-refractivity contribution < 1.29 is 9.53 Å². The number of amides is 1. The quantitative estimate of drug-likeness (QED) is 0.603. The van der Waals surface area contributed by atoms with Gasteiger partial charge in [-0.2, -0.15) is 0 Å². The maximum atomic E-state index is 12.8. The van der Waals surface area contributed by atoms with Crippen LogP contribution in [0.3, 0.4) is 0 Å². The van der Waals surface area contributed by atoms with E-state index in [0.717, 1.165) is 18.8 Å². The Bertz CT molecular complexity index is 829. The lowest BCUT2D eigenvalue weighted by molar-refractivity contribution is 0.0938. The van der Waals surface area contributed by atoms with Crippen molar-refractivity contribution in [2.24, 2.45) is 5.92 Å². The van der Waals surface area contributed by atoms with Crippen LogP contribution in [0.4, 0.5) is 0 Å². The van der Waals surface area contributed by atoms with Gasteiger partial charge in [0.25, 0.3) is 5.91 Å². The van der Waals surface area contributed by atoms with Crippen LogP contribution in [0.5, 0.6) is 5.75 Å². The van der Waals surface area contributed by atoms with Crippen molar-refractivity contribution in [3.63, 3.8) is 0 Å². The first-order valence-electron chi connectivity index (χ1n) is 11.6. The number of carbonyl (C=O) groups is 1. The molecule has 0 spiro atoms. The summed E-state index contributed by atoms with van der Waals surface area (Å²) in [5.74, 6) is 1.24. The Balaban J connectivity index is 1.66. The van der Waals surface area contributed by atoms with Gasteiger partial charge in [-0.05, 0) is 72.7 Å². The maximum absolute atomic E-state index is 12.8. The van der Waals surface area contributed by atoms with Gasteiger partial charge < -0.3 is 10.1 Å². The van der Waals surface area contributed by atoms with Crippen LogP contribution in [0.15, 0.2) is 48.5 Å². The van der Waals surface area contributed by atoms with Crippen molar-refractivity contribution >= 4 is 5.91 Å². The zero-order chi connectivity index (χ0) is 22.4. The third-order valence-electron chi connectivity index (χ3n) is 5.90. The first-order chi connectivity index (χ1) is 14.7. The Morgan fingerprint density at radius 3 is 2.16 bits per heavy atom. The molecule has 1 atom stereocenters. The number of likely N-dealkylation sites (tertiary alicyclic amines) is 1. The Hall–Kier alpha value is -2.33. The van der Waals surface area contributed by atoms with E-state index in [1.54, 1.807) is 0 Å². The van der Waals surface area contributed by atoms with Gasteiger partial charge in [0.2, 0.25) is 0 Å². The van der Waals surface area contributed by atoms with E-state index in [1.807, 2.05) is 24.3 Å². The molecule has 1 heterocycles. The maximum Gasteiger partial charge on any atom is 0.251 e. The zero-order valence-electron chi connectivity index (χ0n) is 19.8. The molecule has 1 aliphatic rings. The highest BCUT2D eigenvalue weighted by molar-refractivity contribution is 5.94. The van der Waals surface area contributed by atoms with Crippen LogP contribution in [0, 0.1) is 5.92 Å². The topological polar surface area (TPSA) is 41.6 Å². The number of hydrogen-bond acceptors (Lipinski definition) is 3. The van der Waals surface area contributed by atoms with Gasteiger partial charge in [-0.15, -0.1) is 0 Å². The second kappa shape index (κ2) is 10.3. The highest BCUT2D eigenvalue weighted by Crippen LogP contribution is 2.28. The minimum atomic E-state index is -0.0362. The monoisotopic (exact) mass is 422 g/mol. The van der Waals surface area contributed by atoms with E-state index in [1.165, 1.54) is 24.0 Å². The molecule has 0 aromatic heterocycles. The summed E-state index contributed by atoms with van der Waals surface area (Å²) in [6.07, 6.45) is 2.45. The first kappa shape index (κ1) is 23.3. The molecule has 1 saturated heterocycles. The minimum absolute atomic E-state index is 0.0362. The van der Waals surface area contributed by atoms with Gasteiger partial charge in [-0.3, -0.25) is 9.69 Å². The molecule has 2 aromatic carbocycles. The molecule has 168 valence electrons. The molecule has 4 nitrogen and oxygen atoms in total. The molecule has 0 bridgehead atoms. The number of nitrogens with one attached hydrogen (secondary N) is 1. The van der Waals surface area contributed by atoms with Crippen LogP contribution in [0.2, 0.25) is 0 Å². The summed E-state index contributed by atoms with van der Waals surface area (Å²) in [6, 6.07) is 16.6. The normalized spacial score (nSPS) is 15.8. The summed E-state index contributed by atoms with van der Waals surface area (Å²) in [5, 5.41) is 3.17. The third-order valence-corrected chi connectivity index (χ3v) is 5.90. The Morgan fingerprint density at radius 2 is 1.61 bits per heavy atom. The second-order valence-corrected chi connectivity index (χ2v) is 10.1. The van der Waals surface area contributed by atoms with Crippen LogP contribution >= 0.6 is 0 Å². The van der Waals surface area contributed by atoms with Gasteiger partial charge in [0.05, 0.1) is 12.6 Å². The van der Waals surface area contributed by atoms with Crippen LogP contribution in [0.25, 0.3) is 0 Å². The van der Waals surface area contributed by atoms with E-state index >= 15 is 0 Å². The van der Waals surface area contributed by atoms with E-state index in [4.69, 9.17) is 4.74 Å². The number of hydrogen-bond donors (Lipinski definition) is 1. The molecule has 1 N–H and O–H groups in total. The average molecular weight is 423 g/mol. The Labute approximate surface area is 188 Å². The highest BCUT2D eigenvalue weighted by Gasteiger charge is 2.25. The number of benzene rings is 2. The number of ether oxygens (including phenoxy) is 1. The number of rotatable bonds is 8. The SMILES string of the molecule is CC(C)COc1ccc(C(=O)NCC(c2ccc(C(C)(C)C)cc2)N2CCCC2)cc1. The summed E-state index contributed by atoms with van der Waals surface area (Å²) < 4.78 is 5.72. The molecule has 1 amide bonds. The van der Waals surface area contributed by atoms with Crippen molar-refractivity contribution in [2.45, 2.75) is 58.9 Å². The van der Waals surface area contributed by atoms with Crippen molar-refractivity contribution in [1.82, 2.24) is 10.2 Å². The summed E-state index contributed by atoms with van der Waals surface area (Å²) in [6.45, 7) is 14.4. The van der Waals surface area contributed by atoms with Crippen LogP contribution in [-0.4, -0.2) is 37.0 Å². The summed E-state index contributed by atoms with van der Waals surface area (Å²) in [7, 11) is 0. The predicted molar refractivity (Wildman–Crippen MR) is 128 cm³/mol. The minimum Gasteiger partial charge on any atom is -0.493 e. The molecule has 3 rings (SSSR count). The molecule has 0 aliphatic carbocycles. The van der Waals surface area contributed by atoms with Crippen molar-refractivity contribution in [2.75, 3.05) is 26.2 Å². The van der Waals surface area contributed by atoms with E-state index in [9.17, 15) is 4.79 Å². The van der Waals surface area contributed by atoms with Gasteiger partial charge in [-0.1, -0.05) is 58.9 Å². The predicted octanol–water partition coefficient (Wildman–Crippen LogP) is 5.59. The summed E-state index contributed by atoms with van der Waals surface area (Å²) in [5.41, 5.74) is 3.41. The molecule has 0 saturated carbocycles. The lowest BCUT2D eigenvalue weighted by Gasteiger charge is -2.29. The molecule has 4 heteroatoms. The van der Waals surface area contributed by atoms with Gasteiger partial charge in [-0.25, -0.2) is 0 Å². The molecular weight excluding hydrogens is 384 g/mol. The molecule has 1 aliphatic heterocycles. The molecule has 2 aromatic rings. The van der Waals surface area contributed by atoms with Crippen molar-refractivity contribution in [3.8, 4) is 5.75 Å². The van der Waals surface area contributed by atoms with Crippen molar-refractivity contribution in [3.05, 3.63) is 65.2 Å². The Kier molecular flexibility index (Phi) is 7.77. The smallest absolute Gasteiger partial charge is 0.251 e. The van der Waals surface area contributed by atoms with Crippen LogP contribution < -0.4 is 10.1 Å². The molecule has 31 heavy (non-hydrogen) atoms. The van der Waals surface area contributed by atoms with E-state index < -0.39 is 0 Å². The van der Waals surface area contributed by atoms with Gasteiger partial charge in [0, 0.05) is 12.1 Å². The Morgan fingerprint density at radius 1 is 1.00 bits per heavy atom. The van der Waals surface area contributed by atoms with Crippen LogP contribution in [-0.2, 0) is 5.41 Å². The number of carbonyl (C=O) groups excluding carboxylic acids is 1. The van der Waals surface area contributed by atoms with Gasteiger partial charge in [0.15, 0.2) is 0 Å². The first-order valence-corrected chi connectivity index (χ1v) is 11.6. The summed E-state index contributed by atoms with van der Waals surface area (Å²) >= 11 is 0. The average Bonchev–Trinajstić information content (AvgIpc) is 3.27. The van der Waals surface area contributed by atoms with E-state index in [2.05, 4.69) is 69.1 Å². The van der Waals surface area contributed by atoms with Crippen molar-refractivity contribution in [1.29, 1.82) is 0 Å². The highest BCUT2D eigenvalue weighted by atomic mass is 16.5. The lowest BCUT2D eigenvalue weighted by atomic mass is 9.86. The number of nitrogens with zero attached hydrogens (tertiary/aromatic N) is 1. The molecule has 0 radical (unpaired) electrons. The third kappa shape index (κ3) is 6.57. The second-order valence-electron chi connectivity index (χ2n) is 10.1. The molecule has 1 unspecified atom stereocenters. The van der Waals surface area contributed by atoms with E-state index in [-0.39, 0.29) is 17.4 Å². The van der Waals surface area contributed by atoms with E-state index in [0.29, 0.717) is 24.6 Å². The summed E-state index contributed by atoms with van der Waals surface area (Å²) in [4.78, 5) is 15.3. The zero-order valence-corrected chi connectivity index (χ0v) is 19.8. The standard InChI is InChI=1S/C27H38N2O2/c1-20(2)19-31-24-14-10-22(11-15-24)26(30)28-18-25(29-16-6-7-17-29)21-8-12-23(13-9-21)27(3,4)5/h8-15,20,25H,6-7,16-19H2,1-5H3,(H,28,30). The fourth-order valence-corrected chi connectivity index (χ4v) is 3.97. The fraction of sp³-hybridized carbons (Fsp3) is 0.519. The molecule has 1 fully saturated rings. The van der Waals surface area contributed by atoms with Gasteiger partial charge in [0.1, 0.15) is 5.75 Å².